The molecule has 0 N–H and O–H groups in total. The zero-order valence-corrected chi connectivity index (χ0v) is 15.0. The predicted octanol–water partition coefficient (Wildman–Crippen LogP) is 2.59. The van der Waals surface area contributed by atoms with E-state index in [4.69, 9.17) is 4.74 Å². The maximum atomic E-state index is 5.99. The van der Waals surface area contributed by atoms with Crippen LogP contribution in [0.2, 0.25) is 0 Å². The smallest absolute Gasteiger partial charge is 0.100 e. The molecule has 0 fully saturated rings. The van der Waals surface area contributed by atoms with E-state index >= 15 is 0 Å². The van der Waals surface area contributed by atoms with E-state index in [2.05, 4.69) is 37.7 Å². The third-order valence-corrected chi connectivity index (χ3v) is 5.31. The number of aromatic nitrogens is 4. The van der Waals surface area contributed by atoms with Gasteiger partial charge in [-0.3, -0.25) is 14.6 Å². The van der Waals surface area contributed by atoms with E-state index in [-0.39, 0.29) is 5.92 Å². The fourth-order valence-electron chi connectivity index (χ4n) is 3.37. The van der Waals surface area contributed by atoms with Crippen molar-refractivity contribution in [3.05, 3.63) is 63.9 Å². The summed E-state index contributed by atoms with van der Waals surface area (Å²) in [7, 11) is 1.97. The van der Waals surface area contributed by atoms with E-state index < -0.39 is 0 Å². The SMILES string of the molecule is Cn1nnc2c1[C@@H](COCc1cccnc1)CN(Cc1cccs1)C2. The second kappa shape index (κ2) is 7.43. The standard InChI is InChI=1S/C18H21N5OS/c1-22-18-15(13-24-12-14-4-2-6-19-8-14)9-23(11-17(18)20-21-22)10-16-5-3-7-25-16/h2-8,15H,9-13H2,1H3/t15-/m1/s1. The lowest BCUT2D eigenvalue weighted by atomic mass is 9.99. The number of ether oxygens (including phenoxy) is 1. The number of nitrogens with zero attached hydrogens (tertiary/aromatic N) is 5. The van der Waals surface area contributed by atoms with Crippen LogP contribution >= 0.6 is 11.3 Å². The highest BCUT2D eigenvalue weighted by molar-refractivity contribution is 7.09. The number of aryl methyl sites for hydroxylation is 1. The van der Waals surface area contributed by atoms with Gasteiger partial charge in [-0.1, -0.05) is 17.3 Å². The summed E-state index contributed by atoms with van der Waals surface area (Å²) in [5.41, 5.74) is 3.37. The minimum absolute atomic E-state index is 0.278. The van der Waals surface area contributed by atoms with Crippen LogP contribution in [0.25, 0.3) is 0 Å². The highest BCUT2D eigenvalue weighted by atomic mass is 32.1. The van der Waals surface area contributed by atoms with Gasteiger partial charge in [0.15, 0.2) is 0 Å². The molecule has 1 aliphatic heterocycles. The van der Waals surface area contributed by atoms with E-state index in [1.54, 1.807) is 17.5 Å². The van der Waals surface area contributed by atoms with Gasteiger partial charge in [-0.2, -0.15) is 0 Å². The highest BCUT2D eigenvalue weighted by Gasteiger charge is 2.30. The van der Waals surface area contributed by atoms with Crippen molar-refractivity contribution >= 4 is 11.3 Å². The summed E-state index contributed by atoms with van der Waals surface area (Å²) < 4.78 is 7.89. The van der Waals surface area contributed by atoms with Crippen molar-refractivity contribution in [3.8, 4) is 0 Å². The molecular weight excluding hydrogens is 334 g/mol. The largest absolute Gasteiger partial charge is 0.376 e. The van der Waals surface area contributed by atoms with Gasteiger partial charge in [-0.25, -0.2) is 0 Å². The van der Waals surface area contributed by atoms with Crippen LogP contribution in [0.4, 0.5) is 0 Å². The van der Waals surface area contributed by atoms with E-state index in [0.29, 0.717) is 13.2 Å². The Kier molecular flexibility index (Phi) is 4.87. The molecule has 0 aromatic carbocycles. The van der Waals surface area contributed by atoms with Crippen molar-refractivity contribution in [2.45, 2.75) is 25.6 Å². The Labute approximate surface area is 151 Å². The normalized spacial score (nSPS) is 17.6. The quantitative estimate of drug-likeness (QED) is 0.680. The van der Waals surface area contributed by atoms with Crippen molar-refractivity contribution in [1.82, 2.24) is 24.9 Å². The molecule has 4 rings (SSSR count). The average Bonchev–Trinajstić information content (AvgIpc) is 3.26. The molecule has 0 amide bonds. The third-order valence-electron chi connectivity index (χ3n) is 4.45. The molecular formula is C18H21N5OS. The van der Waals surface area contributed by atoms with E-state index in [1.807, 2.05) is 30.1 Å². The summed E-state index contributed by atoms with van der Waals surface area (Å²) in [5.74, 6) is 0.278. The van der Waals surface area contributed by atoms with Crippen LogP contribution < -0.4 is 0 Å². The topological polar surface area (TPSA) is 56.1 Å². The van der Waals surface area contributed by atoms with Gasteiger partial charge >= 0.3 is 0 Å². The van der Waals surface area contributed by atoms with Gasteiger partial charge in [0, 0.05) is 49.9 Å². The molecule has 0 saturated heterocycles. The summed E-state index contributed by atoms with van der Waals surface area (Å²) in [5, 5.41) is 10.7. The lowest BCUT2D eigenvalue weighted by Crippen LogP contribution is -2.35. The van der Waals surface area contributed by atoms with Crippen molar-refractivity contribution < 1.29 is 4.74 Å². The molecule has 3 aromatic heterocycles. The Morgan fingerprint density at radius 1 is 1.32 bits per heavy atom. The molecule has 6 nitrogen and oxygen atoms in total. The van der Waals surface area contributed by atoms with Gasteiger partial charge in [0.05, 0.1) is 18.9 Å². The second-order valence-corrected chi connectivity index (χ2v) is 7.40. The van der Waals surface area contributed by atoms with Crippen molar-refractivity contribution in [1.29, 1.82) is 0 Å². The highest BCUT2D eigenvalue weighted by Crippen LogP contribution is 2.28. The van der Waals surface area contributed by atoms with Crippen molar-refractivity contribution in [2.75, 3.05) is 13.2 Å². The van der Waals surface area contributed by atoms with Crippen LogP contribution in [0, 0.1) is 0 Å². The lowest BCUT2D eigenvalue weighted by Gasteiger charge is -2.31. The summed E-state index contributed by atoms with van der Waals surface area (Å²) in [6, 6.07) is 8.26. The van der Waals surface area contributed by atoms with Crippen molar-refractivity contribution in [3.63, 3.8) is 0 Å². The average molecular weight is 355 g/mol. The molecule has 3 aromatic rings. The first-order valence-electron chi connectivity index (χ1n) is 8.39. The molecule has 1 aliphatic rings. The number of pyridine rings is 1. The zero-order chi connectivity index (χ0) is 17.1. The number of fused-ring (bicyclic) bond motifs is 1. The molecule has 0 unspecified atom stereocenters. The second-order valence-electron chi connectivity index (χ2n) is 6.37. The Morgan fingerprint density at radius 2 is 2.28 bits per heavy atom. The van der Waals surface area contributed by atoms with Crippen LogP contribution in [-0.2, 0) is 31.5 Å². The maximum Gasteiger partial charge on any atom is 0.100 e. The van der Waals surface area contributed by atoms with Gasteiger partial charge in [-0.15, -0.1) is 16.4 Å². The Balaban J connectivity index is 1.44. The fourth-order valence-corrected chi connectivity index (χ4v) is 4.12. The first kappa shape index (κ1) is 16.4. The predicted molar refractivity (Wildman–Crippen MR) is 96.1 cm³/mol. The zero-order valence-electron chi connectivity index (χ0n) is 14.2. The lowest BCUT2D eigenvalue weighted by molar-refractivity contribution is 0.0830. The molecule has 4 heterocycles. The summed E-state index contributed by atoms with van der Waals surface area (Å²) in [4.78, 5) is 7.94. The number of rotatable bonds is 6. The molecule has 0 bridgehead atoms. The van der Waals surface area contributed by atoms with Crippen LogP contribution in [0.3, 0.4) is 0 Å². The van der Waals surface area contributed by atoms with E-state index in [1.165, 1.54) is 10.6 Å². The van der Waals surface area contributed by atoms with Gasteiger partial charge < -0.3 is 4.74 Å². The minimum Gasteiger partial charge on any atom is -0.376 e. The first-order chi connectivity index (χ1) is 12.3. The monoisotopic (exact) mass is 355 g/mol. The Morgan fingerprint density at radius 3 is 3.08 bits per heavy atom. The van der Waals surface area contributed by atoms with Crippen LogP contribution in [0.1, 0.15) is 27.7 Å². The summed E-state index contributed by atoms with van der Waals surface area (Å²) >= 11 is 1.80. The van der Waals surface area contributed by atoms with Gasteiger partial charge in [0.25, 0.3) is 0 Å². The Bertz CT molecular complexity index is 802. The van der Waals surface area contributed by atoms with Crippen LogP contribution in [0.5, 0.6) is 0 Å². The Hall–Kier alpha value is -2.09. The maximum absolute atomic E-state index is 5.99. The number of hydrogen-bond donors (Lipinski definition) is 0. The molecule has 130 valence electrons. The first-order valence-corrected chi connectivity index (χ1v) is 9.27. The summed E-state index contributed by atoms with van der Waals surface area (Å²) in [6.45, 7) is 3.99. The molecule has 0 saturated carbocycles. The van der Waals surface area contributed by atoms with Crippen LogP contribution in [0.15, 0.2) is 42.0 Å². The molecule has 25 heavy (non-hydrogen) atoms. The van der Waals surface area contributed by atoms with E-state index in [0.717, 1.165) is 30.9 Å². The molecule has 0 spiro atoms. The third kappa shape index (κ3) is 3.78. The van der Waals surface area contributed by atoms with E-state index in [9.17, 15) is 0 Å². The van der Waals surface area contributed by atoms with Crippen LogP contribution in [-0.4, -0.2) is 38.0 Å². The van der Waals surface area contributed by atoms with Gasteiger partial charge in [0.1, 0.15) is 5.69 Å². The molecule has 0 radical (unpaired) electrons. The number of thiophene rings is 1. The molecule has 1 atom stereocenters. The summed E-state index contributed by atoms with van der Waals surface area (Å²) in [6.07, 6.45) is 3.63. The fraction of sp³-hybridized carbons (Fsp3) is 0.389. The van der Waals surface area contributed by atoms with Gasteiger partial charge in [-0.05, 0) is 23.1 Å². The van der Waals surface area contributed by atoms with Crippen molar-refractivity contribution in [2.24, 2.45) is 7.05 Å². The number of hydrogen-bond acceptors (Lipinski definition) is 6. The molecule has 0 aliphatic carbocycles. The minimum atomic E-state index is 0.278. The van der Waals surface area contributed by atoms with Gasteiger partial charge in [0.2, 0.25) is 0 Å². The molecule has 7 heteroatoms.